The topological polar surface area (TPSA) is 129 Å². The van der Waals surface area contributed by atoms with Gasteiger partial charge in [-0.2, -0.15) is 5.10 Å². The molecule has 0 aliphatic heterocycles. The van der Waals surface area contributed by atoms with Crippen LogP contribution in [0.2, 0.25) is 0 Å². The average Bonchev–Trinajstić information content (AvgIpc) is 3.20. The number of anilines is 1. The Kier molecular flexibility index (Phi) is 3.38. The smallest absolute Gasteiger partial charge is 0.224 e. The Morgan fingerprint density at radius 3 is 2.91 bits per heavy atom. The molecule has 3 heterocycles. The van der Waals surface area contributed by atoms with Crippen LogP contribution in [0.5, 0.6) is 5.88 Å². The third-order valence-corrected chi connectivity index (χ3v) is 4.41. The summed E-state index contributed by atoms with van der Waals surface area (Å²) in [6.07, 6.45) is 7.67. The van der Waals surface area contributed by atoms with E-state index in [0.29, 0.717) is 22.5 Å². The second-order valence-corrected chi connectivity index (χ2v) is 5.96. The van der Waals surface area contributed by atoms with Crippen LogP contribution in [0, 0.1) is 0 Å². The summed E-state index contributed by atoms with van der Waals surface area (Å²) < 4.78 is 0. The van der Waals surface area contributed by atoms with Crippen molar-refractivity contribution in [2.45, 2.75) is 37.8 Å². The van der Waals surface area contributed by atoms with Crippen molar-refractivity contribution in [3.05, 3.63) is 18.5 Å². The van der Waals surface area contributed by atoms with Crippen molar-refractivity contribution in [1.82, 2.24) is 25.1 Å². The highest BCUT2D eigenvalue weighted by Crippen LogP contribution is 2.32. The highest BCUT2D eigenvalue weighted by atomic mass is 16.3. The molecule has 1 aliphatic rings. The van der Waals surface area contributed by atoms with Gasteiger partial charge in [-0.05, 0) is 18.9 Å². The van der Waals surface area contributed by atoms with Gasteiger partial charge in [0.05, 0.1) is 16.6 Å². The molecule has 6 N–H and O–H groups in total. The van der Waals surface area contributed by atoms with E-state index in [-0.39, 0.29) is 18.0 Å². The maximum atomic E-state index is 10.0. The zero-order valence-corrected chi connectivity index (χ0v) is 12.6. The lowest BCUT2D eigenvalue weighted by Gasteiger charge is -2.29. The Bertz CT molecular complexity index is 811. The Balaban J connectivity index is 1.76. The van der Waals surface area contributed by atoms with Crippen LogP contribution in [0.4, 0.5) is 5.95 Å². The molecule has 0 spiro atoms. The number of hydrogen-bond donors (Lipinski definition) is 5. The molecular weight excluding hydrogens is 294 g/mol. The van der Waals surface area contributed by atoms with E-state index in [9.17, 15) is 5.11 Å². The Morgan fingerprint density at radius 2 is 2.13 bits per heavy atom. The van der Waals surface area contributed by atoms with Gasteiger partial charge in [0.1, 0.15) is 5.69 Å². The number of nitrogens with one attached hydrogen (secondary N) is 3. The lowest BCUT2D eigenvalue weighted by atomic mass is 9.91. The Labute approximate surface area is 132 Å². The molecule has 2 unspecified atom stereocenters. The maximum Gasteiger partial charge on any atom is 0.224 e. The normalized spacial score (nSPS) is 21.6. The molecule has 0 radical (unpaired) electrons. The fourth-order valence-electron chi connectivity index (χ4n) is 3.18. The van der Waals surface area contributed by atoms with Crippen LogP contribution >= 0.6 is 0 Å². The van der Waals surface area contributed by atoms with Crippen LogP contribution in [0.25, 0.3) is 22.3 Å². The summed E-state index contributed by atoms with van der Waals surface area (Å²) in [6, 6.07) is 2.09. The van der Waals surface area contributed by atoms with Gasteiger partial charge in [-0.1, -0.05) is 12.8 Å². The average molecular weight is 313 g/mol. The van der Waals surface area contributed by atoms with Gasteiger partial charge in [0, 0.05) is 24.5 Å². The molecule has 3 aromatic rings. The molecule has 8 nitrogen and oxygen atoms in total. The van der Waals surface area contributed by atoms with Gasteiger partial charge in [-0.25, -0.2) is 9.97 Å². The maximum absolute atomic E-state index is 10.0. The van der Waals surface area contributed by atoms with Gasteiger partial charge in [0.25, 0.3) is 0 Å². The summed E-state index contributed by atoms with van der Waals surface area (Å²) in [5.41, 5.74) is 8.18. The molecule has 1 aliphatic carbocycles. The van der Waals surface area contributed by atoms with Crippen LogP contribution in [0.15, 0.2) is 18.5 Å². The van der Waals surface area contributed by atoms with Crippen molar-refractivity contribution < 1.29 is 5.11 Å². The van der Waals surface area contributed by atoms with Crippen molar-refractivity contribution in [2.24, 2.45) is 5.73 Å². The summed E-state index contributed by atoms with van der Waals surface area (Å²) in [5, 5.41) is 20.8. The third-order valence-electron chi connectivity index (χ3n) is 4.41. The minimum absolute atomic E-state index is 0.0468. The summed E-state index contributed by atoms with van der Waals surface area (Å²) in [6.45, 7) is 0. The predicted octanol–water partition coefficient (Wildman–Crippen LogP) is 1.74. The first-order chi connectivity index (χ1) is 11.2. The molecule has 0 bridgehead atoms. The molecule has 2 atom stereocenters. The molecule has 0 aromatic carbocycles. The fourth-order valence-corrected chi connectivity index (χ4v) is 3.18. The fraction of sp³-hybridized carbons (Fsp3) is 0.400. The molecule has 8 heteroatoms. The van der Waals surface area contributed by atoms with Crippen LogP contribution in [0.3, 0.4) is 0 Å². The predicted molar refractivity (Wildman–Crippen MR) is 87.0 cm³/mol. The number of fused-ring (bicyclic) bond motifs is 1. The summed E-state index contributed by atoms with van der Waals surface area (Å²) in [5.74, 6) is 0.564. The zero-order chi connectivity index (χ0) is 15.8. The molecule has 23 heavy (non-hydrogen) atoms. The molecule has 0 saturated heterocycles. The quantitative estimate of drug-likeness (QED) is 0.501. The lowest BCUT2D eigenvalue weighted by molar-refractivity contribution is 0.402. The number of aromatic nitrogens is 5. The number of nitrogens with zero attached hydrogens (tertiary/aromatic N) is 3. The van der Waals surface area contributed by atoms with Crippen LogP contribution in [0.1, 0.15) is 25.7 Å². The third kappa shape index (κ3) is 2.50. The van der Waals surface area contributed by atoms with E-state index in [1.54, 1.807) is 12.4 Å². The van der Waals surface area contributed by atoms with Crippen molar-refractivity contribution in [1.29, 1.82) is 0 Å². The number of aromatic hydroxyl groups is 1. The first-order valence-corrected chi connectivity index (χ1v) is 7.82. The first kappa shape index (κ1) is 14.0. The van der Waals surface area contributed by atoms with E-state index in [1.165, 1.54) is 6.42 Å². The van der Waals surface area contributed by atoms with Crippen LogP contribution in [-0.2, 0) is 0 Å². The number of rotatable bonds is 3. The summed E-state index contributed by atoms with van der Waals surface area (Å²) in [7, 11) is 0. The van der Waals surface area contributed by atoms with Gasteiger partial charge in [-0.15, -0.1) is 0 Å². The highest BCUT2D eigenvalue weighted by Gasteiger charge is 2.23. The molecule has 120 valence electrons. The monoisotopic (exact) mass is 313 g/mol. The lowest BCUT2D eigenvalue weighted by Crippen LogP contribution is -2.42. The van der Waals surface area contributed by atoms with Gasteiger partial charge in [0.2, 0.25) is 5.95 Å². The van der Waals surface area contributed by atoms with E-state index in [1.807, 2.05) is 6.07 Å². The van der Waals surface area contributed by atoms with Crippen LogP contribution < -0.4 is 11.1 Å². The van der Waals surface area contributed by atoms with E-state index in [0.717, 1.165) is 25.0 Å². The molecule has 4 rings (SSSR count). The van der Waals surface area contributed by atoms with Crippen molar-refractivity contribution in [3.63, 3.8) is 0 Å². The summed E-state index contributed by atoms with van der Waals surface area (Å²) >= 11 is 0. The Hall–Kier alpha value is -2.61. The van der Waals surface area contributed by atoms with Gasteiger partial charge >= 0.3 is 0 Å². The molecule has 1 saturated carbocycles. The minimum Gasteiger partial charge on any atom is -0.494 e. The van der Waals surface area contributed by atoms with Gasteiger partial charge < -0.3 is 21.1 Å². The SMILES string of the molecule is NC1CCCCC1Nc1nc(-c2ccn[nH]2)c2c(O)[nH]cc2n1. The number of H-pyrrole nitrogens is 2. The second kappa shape index (κ2) is 5.54. The molecule has 3 aromatic heterocycles. The standard InChI is InChI=1S/C15H19N7O/c16-8-3-1-2-4-9(8)19-15-20-11-7-17-14(23)12(11)13(21-15)10-5-6-18-22-10/h5-9,17,23H,1-4,16H2,(H,18,22)(H,19,20). The largest absolute Gasteiger partial charge is 0.494 e. The molecule has 0 amide bonds. The zero-order valence-electron chi connectivity index (χ0n) is 12.6. The van der Waals surface area contributed by atoms with Gasteiger partial charge in [-0.3, -0.25) is 5.10 Å². The number of aromatic amines is 2. The van der Waals surface area contributed by atoms with Crippen molar-refractivity contribution in [2.75, 3.05) is 5.32 Å². The Morgan fingerprint density at radius 1 is 1.26 bits per heavy atom. The van der Waals surface area contributed by atoms with Crippen molar-refractivity contribution in [3.8, 4) is 17.3 Å². The molecule has 1 fully saturated rings. The molecular formula is C15H19N7O. The van der Waals surface area contributed by atoms with E-state index < -0.39 is 0 Å². The van der Waals surface area contributed by atoms with Gasteiger partial charge in [0.15, 0.2) is 5.88 Å². The summed E-state index contributed by atoms with van der Waals surface area (Å²) in [4.78, 5) is 11.9. The van der Waals surface area contributed by atoms with Crippen molar-refractivity contribution >= 4 is 16.9 Å². The van der Waals surface area contributed by atoms with E-state index >= 15 is 0 Å². The number of nitrogens with two attached hydrogens (primary N) is 1. The highest BCUT2D eigenvalue weighted by molar-refractivity contribution is 5.96. The number of hydrogen-bond acceptors (Lipinski definition) is 6. The van der Waals surface area contributed by atoms with E-state index in [2.05, 4.69) is 30.5 Å². The first-order valence-electron chi connectivity index (χ1n) is 7.82. The second-order valence-electron chi connectivity index (χ2n) is 5.96. The minimum atomic E-state index is 0.0468. The van der Waals surface area contributed by atoms with Crippen LogP contribution in [-0.4, -0.2) is 42.3 Å². The van der Waals surface area contributed by atoms with E-state index in [4.69, 9.17) is 5.73 Å².